The van der Waals surface area contributed by atoms with E-state index >= 15 is 0 Å². The standard InChI is InChI=1S/C12H12ClFN4/c1-7-10(13)5-17-18(7)6-9-3-2-8(12(15)16)4-11(9)14/h2-5H,6H2,1H3,(H3,15,16). The predicted molar refractivity (Wildman–Crippen MR) is 68.5 cm³/mol. The zero-order valence-electron chi connectivity index (χ0n) is 9.74. The van der Waals surface area contributed by atoms with E-state index in [0.29, 0.717) is 22.7 Å². The summed E-state index contributed by atoms with van der Waals surface area (Å²) in [5.74, 6) is -0.563. The van der Waals surface area contributed by atoms with E-state index in [1.165, 1.54) is 12.3 Å². The van der Waals surface area contributed by atoms with E-state index in [4.69, 9.17) is 22.7 Å². The number of amidine groups is 1. The molecule has 94 valence electrons. The molecule has 1 heterocycles. The minimum absolute atomic E-state index is 0.154. The molecule has 1 aromatic heterocycles. The fraction of sp³-hybridized carbons (Fsp3) is 0.167. The summed E-state index contributed by atoms with van der Waals surface area (Å²) in [5, 5.41) is 11.8. The monoisotopic (exact) mass is 266 g/mol. The topological polar surface area (TPSA) is 67.7 Å². The van der Waals surface area contributed by atoms with E-state index in [9.17, 15) is 4.39 Å². The lowest BCUT2D eigenvalue weighted by Gasteiger charge is -2.07. The Bertz CT molecular complexity index is 606. The number of aromatic nitrogens is 2. The molecule has 0 bridgehead atoms. The highest BCUT2D eigenvalue weighted by molar-refractivity contribution is 6.31. The normalized spacial score (nSPS) is 10.6. The van der Waals surface area contributed by atoms with Gasteiger partial charge in [0.2, 0.25) is 0 Å². The first kappa shape index (κ1) is 12.6. The van der Waals surface area contributed by atoms with Gasteiger partial charge < -0.3 is 5.73 Å². The van der Waals surface area contributed by atoms with Gasteiger partial charge in [-0.1, -0.05) is 23.7 Å². The molecule has 4 nitrogen and oxygen atoms in total. The molecule has 0 radical (unpaired) electrons. The van der Waals surface area contributed by atoms with Crippen molar-refractivity contribution in [2.45, 2.75) is 13.5 Å². The highest BCUT2D eigenvalue weighted by Gasteiger charge is 2.09. The van der Waals surface area contributed by atoms with Crippen LogP contribution < -0.4 is 5.73 Å². The molecule has 0 fully saturated rings. The van der Waals surface area contributed by atoms with Crippen LogP contribution in [0.15, 0.2) is 24.4 Å². The lowest BCUT2D eigenvalue weighted by Crippen LogP contribution is -2.12. The van der Waals surface area contributed by atoms with Gasteiger partial charge in [0.1, 0.15) is 11.7 Å². The van der Waals surface area contributed by atoms with E-state index < -0.39 is 5.82 Å². The second-order valence-corrected chi connectivity index (χ2v) is 4.36. The summed E-state index contributed by atoms with van der Waals surface area (Å²) < 4.78 is 15.4. The molecule has 1 aromatic carbocycles. The van der Waals surface area contributed by atoms with Crippen molar-refractivity contribution in [2.24, 2.45) is 5.73 Å². The molecular formula is C12H12ClFN4. The third-order valence-corrected chi connectivity index (χ3v) is 3.10. The van der Waals surface area contributed by atoms with Gasteiger partial charge in [0, 0.05) is 11.1 Å². The van der Waals surface area contributed by atoms with Crippen molar-refractivity contribution in [3.63, 3.8) is 0 Å². The summed E-state index contributed by atoms with van der Waals surface area (Å²) in [5.41, 5.74) is 6.92. The molecule has 0 aliphatic rings. The number of nitrogens with zero attached hydrogens (tertiary/aromatic N) is 2. The van der Waals surface area contributed by atoms with Crippen LogP contribution in [0.5, 0.6) is 0 Å². The quantitative estimate of drug-likeness (QED) is 0.661. The lowest BCUT2D eigenvalue weighted by molar-refractivity contribution is 0.580. The number of nitrogens with two attached hydrogens (primary N) is 1. The Hall–Kier alpha value is -1.88. The zero-order valence-corrected chi connectivity index (χ0v) is 10.5. The number of halogens is 2. The molecule has 0 saturated carbocycles. The fourth-order valence-corrected chi connectivity index (χ4v) is 1.73. The van der Waals surface area contributed by atoms with Crippen molar-refractivity contribution in [1.29, 1.82) is 5.41 Å². The van der Waals surface area contributed by atoms with Gasteiger partial charge in [-0.3, -0.25) is 10.1 Å². The molecule has 0 spiro atoms. The van der Waals surface area contributed by atoms with Crippen LogP contribution in [0.4, 0.5) is 4.39 Å². The van der Waals surface area contributed by atoms with Gasteiger partial charge in [0.15, 0.2) is 0 Å². The van der Waals surface area contributed by atoms with Gasteiger partial charge in [-0.2, -0.15) is 5.10 Å². The van der Waals surface area contributed by atoms with Gasteiger partial charge in [-0.25, -0.2) is 4.39 Å². The molecule has 0 amide bonds. The number of rotatable bonds is 3. The maximum atomic E-state index is 13.8. The van der Waals surface area contributed by atoms with E-state index in [1.54, 1.807) is 16.8 Å². The van der Waals surface area contributed by atoms with Crippen LogP contribution in [0.25, 0.3) is 0 Å². The van der Waals surface area contributed by atoms with Crippen molar-refractivity contribution in [3.8, 4) is 0 Å². The SMILES string of the molecule is Cc1c(Cl)cnn1Cc1ccc(C(=N)N)cc1F. The first-order valence-corrected chi connectivity index (χ1v) is 5.67. The molecule has 6 heteroatoms. The molecule has 0 aliphatic carbocycles. The molecule has 3 N–H and O–H groups in total. The zero-order chi connectivity index (χ0) is 13.3. The summed E-state index contributed by atoms with van der Waals surface area (Å²) in [6, 6.07) is 4.46. The Labute approximate surface area is 109 Å². The van der Waals surface area contributed by atoms with E-state index in [2.05, 4.69) is 5.10 Å². The van der Waals surface area contributed by atoms with Gasteiger partial charge in [-0.15, -0.1) is 0 Å². The number of benzene rings is 1. The van der Waals surface area contributed by atoms with Crippen molar-refractivity contribution >= 4 is 17.4 Å². The fourth-order valence-electron chi connectivity index (χ4n) is 1.59. The van der Waals surface area contributed by atoms with Gasteiger partial charge >= 0.3 is 0 Å². The average molecular weight is 267 g/mol. The lowest BCUT2D eigenvalue weighted by atomic mass is 10.1. The number of hydrogen-bond donors (Lipinski definition) is 2. The van der Waals surface area contributed by atoms with E-state index in [0.717, 1.165) is 5.69 Å². The Morgan fingerprint density at radius 2 is 2.28 bits per heavy atom. The van der Waals surface area contributed by atoms with E-state index in [-0.39, 0.29) is 5.84 Å². The summed E-state index contributed by atoms with van der Waals surface area (Å²) in [4.78, 5) is 0. The maximum absolute atomic E-state index is 13.8. The van der Waals surface area contributed by atoms with Crippen molar-refractivity contribution in [2.75, 3.05) is 0 Å². The molecule has 0 unspecified atom stereocenters. The molecule has 2 aromatic rings. The van der Waals surface area contributed by atoms with E-state index in [1.807, 2.05) is 6.92 Å². The molecule has 18 heavy (non-hydrogen) atoms. The second-order valence-electron chi connectivity index (χ2n) is 3.96. The largest absolute Gasteiger partial charge is 0.384 e. The van der Waals surface area contributed by atoms with Crippen molar-refractivity contribution < 1.29 is 4.39 Å². The van der Waals surface area contributed by atoms with Crippen LogP contribution in [0.1, 0.15) is 16.8 Å². The van der Waals surface area contributed by atoms with Crippen LogP contribution in [-0.4, -0.2) is 15.6 Å². The minimum Gasteiger partial charge on any atom is -0.384 e. The third-order valence-electron chi connectivity index (χ3n) is 2.73. The van der Waals surface area contributed by atoms with Gasteiger partial charge in [0.05, 0.1) is 23.5 Å². The summed E-state index contributed by atoms with van der Waals surface area (Å²) in [6.07, 6.45) is 1.53. The second kappa shape index (κ2) is 4.78. The Morgan fingerprint density at radius 1 is 1.56 bits per heavy atom. The molecular weight excluding hydrogens is 255 g/mol. The van der Waals surface area contributed by atoms with Crippen LogP contribution in [0, 0.1) is 18.2 Å². The molecule has 0 saturated heterocycles. The molecule has 2 rings (SSSR count). The summed E-state index contributed by atoms with van der Waals surface area (Å²) >= 11 is 5.88. The van der Waals surface area contributed by atoms with Crippen LogP contribution >= 0.6 is 11.6 Å². The maximum Gasteiger partial charge on any atom is 0.129 e. The summed E-state index contributed by atoms with van der Waals surface area (Å²) in [6.45, 7) is 2.11. The predicted octanol–water partition coefficient (Wildman–Crippen LogP) is 2.32. The molecule has 0 atom stereocenters. The van der Waals surface area contributed by atoms with Crippen LogP contribution in [0.3, 0.4) is 0 Å². The highest BCUT2D eigenvalue weighted by atomic mass is 35.5. The van der Waals surface area contributed by atoms with Crippen molar-refractivity contribution in [3.05, 3.63) is 52.1 Å². The first-order chi connectivity index (χ1) is 8.49. The van der Waals surface area contributed by atoms with Gasteiger partial charge in [0.25, 0.3) is 0 Å². The summed E-state index contributed by atoms with van der Waals surface area (Å²) in [7, 11) is 0. The Morgan fingerprint density at radius 3 is 2.78 bits per heavy atom. The van der Waals surface area contributed by atoms with Crippen molar-refractivity contribution in [1.82, 2.24) is 9.78 Å². The average Bonchev–Trinajstić information content (AvgIpc) is 2.63. The minimum atomic E-state index is -0.409. The number of hydrogen-bond acceptors (Lipinski definition) is 2. The number of nitrogens with one attached hydrogen (secondary N) is 1. The van der Waals surface area contributed by atoms with Gasteiger partial charge in [-0.05, 0) is 13.0 Å². The van der Waals surface area contributed by atoms with Crippen LogP contribution in [0.2, 0.25) is 5.02 Å². The third kappa shape index (κ3) is 2.36. The first-order valence-electron chi connectivity index (χ1n) is 5.29. The highest BCUT2D eigenvalue weighted by Crippen LogP contribution is 2.17. The van der Waals surface area contributed by atoms with Crippen LogP contribution in [-0.2, 0) is 6.54 Å². The Kier molecular flexibility index (Phi) is 3.34. The Balaban J connectivity index is 2.30. The number of nitrogen functional groups attached to an aromatic ring is 1. The smallest absolute Gasteiger partial charge is 0.129 e. The molecule has 0 aliphatic heterocycles.